The molecule has 12 heavy (non-hydrogen) atoms. The molecule has 1 aromatic carbocycles. The maximum Gasteiger partial charge on any atom is 0.0776 e. The first kappa shape index (κ1) is 10.1. The number of aliphatic hydroxyl groups is 1. The monoisotopic (exact) mass is 224 g/mol. The highest BCUT2D eigenvalue weighted by Gasteiger charge is 2.09. The van der Waals surface area contributed by atoms with Crippen molar-refractivity contribution in [3.63, 3.8) is 0 Å². The molecule has 0 saturated carbocycles. The normalized spacial score (nSPS) is 13.1. The van der Waals surface area contributed by atoms with Crippen molar-refractivity contribution in [2.24, 2.45) is 0 Å². The SMILES string of the molecule is CC(O)c1cc(Cl)c(Cl)cc1Cl. The van der Waals surface area contributed by atoms with Crippen LogP contribution >= 0.6 is 34.8 Å². The molecule has 1 N–H and O–H groups in total. The first-order valence-electron chi connectivity index (χ1n) is 3.35. The van der Waals surface area contributed by atoms with E-state index in [1.165, 1.54) is 6.07 Å². The van der Waals surface area contributed by atoms with E-state index < -0.39 is 6.10 Å². The standard InChI is InChI=1S/C8H7Cl3O/c1-4(12)5-2-7(10)8(11)3-6(5)9/h2-4,12H,1H3. The maximum atomic E-state index is 9.23. The topological polar surface area (TPSA) is 20.2 Å². The molecule has 4 heteroatoms. The number of halogens is 3. The van der Waals surface area contributed by atoms with Crippen LogP contribution in [-0.2, 0) is 0 Å². The zero-order valence-corrected chi connectivity index (χ0v) is 8.58. The third-order valence-electron chi connectivity index (χ3n) is 1.49. The van der Waals surface area contributed by atoms with Gasteiger partial charge in [-0.3, -0.25) is 0 Å². The van der Waals surface area contributed by atoms with Gasteiger partial charge in [-0.05, 0) is 19.1 Å². The van der Waals surface area contributed by atoms with Crippen LogP contribution in [-0.4, -0.2) is 5.11 Å². The number of aliphatic hydroxyl groups excluding tert-OH is 1. The molecule has 0 aromatic heterocycles. The van der Waals surface area contributed by atoms with Gasteiger partial charge >= 0.3 is 0 Å². The Bertz CT molecular complexity index is 297. The molecule has 0 aliphatic rings. The Kier molecular flexibility index (Phi) is 3.24. The second-order valence-electron chi connectivity index (χ2n) is 2.46. The fourth-order valence-corrected chi connectivity index (χ4v) is 1.57. The van der Waals surface area contributed by atoms with E-state index in [4.69, 9.17) is 34.8 Å². The molecule has 66 valence electrons. The lowest BCUT2D eigenvalue weighted by Crippen LogP contribution is -1.92. The van der Waals surface area contributed by atoms with Gasteiger partial charge in [0.05, 0.1) is 16.1 Å². The van der Waals surface area contributed by atoms with Crippen LogP contribution < -0.4 is 0 Å². The molecular formula is C8H7Cl3O. The molecule has 1 rings (SSSR count). The van der Waals surface area contributed by atoms with E-state index >= 15 is 0 Å². The summed E-state index contributed by atoms with van der Waals surface area (Å²) in [4.78, 5) is 0. The highest BCUT2D eigenvalue weighted by molar-refractivity contribution is 6.43. The minimum atomic E-state index is -0.632. The van der Waals surface area contributed by atoms with Crippen molar-refractivity contribution in [2.45, 2.75) is 13.0 Å². The van der Waals surface area contributed by atoms with Crippen LogP contribution in [0, 0.1) is 0 Å². The average molecular weight is 226 g/mol. The van der Waals surface area contributed by atoms with Gasteiger partial charge in [-0.2, -0.15) is 0 Å². The van der Waals surface area contributed by atoms with Gasteiger partial charge in [0, 0.05) is 10.6 Å². The maximum absolute atomic E-state index is 9.23. The molecule has 1 unspecified atom stereocenters. The quantitative estimate of drug-likeness (QED) is 0.723. The first-order valence-corrected chi connectivity index (χ1v) is 4.48. The zero-order valence-electron chi connectivity index (χ0n) is 6.31. The summed E-state index contributed by atoms with van der Waals surface area (Å²) in [5, 5.41) is 10.5. The van der Waals surface area contributed by atoms with Gasteiger partial charge in [0.15, 0.2) is 0 Å². The summed E-state index contributed by atoms with van der Waals surface area (Å²) in [6, 6.07) is 3.09. The lowest BCUT2D eigenvalue weighted by atomic mass is 10.1. The third-order valence-corrected chi connectivity index (χ3v) is 2.54. The van der Waals surface area contributed by atoms with E-state index in [2.05, 4.69) is 0 Å². The summed E-state index contributed by atoms with van der Waals surface area (Å²) in [7, 11) is 0. The first-order chi connectivity index (χ1) is 5.52. The minimum absolute atomic E-state index is 0.395. The van der Waals surface area contributed by atoms with E-state index in [1.807, 2.05) is 0 Å². The van der Waals surface area contributed by atoms with Gasteiger partial charge in [-0.15, -0.1) is 0 Å². The molecule has 0 radical (unpaired) electrons. The van der Waals surface area contributed by atoms with Gasteiger partial charge < -0.3 is 5.11 Å². The largest absolute Gasteiger partial charge is 0.389 e. The van der Waals surface area contributed by atoms with Crippen LogP contribution in [0.5, 0.6) is 0 Å². The van der Waals surface area contributed by atoms with Crippen LogP contribution in [0.25, 0.3) is 0 Å². The predicted octanol–water partition coefficient (Wildman–Crippen LogP) is 3.70. The van der Waals surface area contributed by atoms with E-state index in [0.717, 1.165) is 0 Å². The second kappa shape index (κ2) is 3.84. The van der Waals surface area contributed by atoms with Crippen molar-refractivity contribution in [1.82, 2.24) is 0 Å². The fraction of sp³-hybridized carbons (Fsp3) is 0.250. The van der Waals surface area contributed by atoms with Gasteiger partial charge in [0.2, 0.25) is 0 Å². The van der Waals surface area contributed by atoms with Crippen LogP contribution in [0.4, 0.5) is 0 Å². The molecule has 1 atom stereocenters. The molecule has 1 aromatic rings. The summed E-state index contributed by atoms with van der Waals surface area (Å²) in [5.41, 5.74) is 0.589. The van der Waals surface area contributed by atoms with Crippen molar-refractivity contribution < 1.29 is 5.11 Å². The molecule has 0 spiro atoms. The van der Waals surface area contributed by atoms with Crippen molar-refractivity contribution in [3.05, 3.63) is 32.8 Å². The Morgan fingerprint density at radius 1 is 1.08 bits per heavy atom. The fourth-order valence-electron chi connectivity index (χ4n) is 0.858. The van der Waals surface area contributed by atoms with E-state index in [1.54, 1.807) is 13.0 Å². The molecule has 0 bridgehead atoms. The summed E-state index contributed by atoms with van der Waals surface area (Å²) >= 11 is 17.2. The molecular weight excluding hydrogens is 218 g/mol. The Hall–Kier alpha value is 0.0500. The molecule has 0 aliphatic carbocycles. The molecule has 0 amide bonds. The average Bonchev–Trinajstić information content (AvgIpc) is 1.96. The minimum Gasteiger partial charge on any atom is -0.389 e. The van der Waals surface area contributed by atoms with Gasteiger partial charge in [-0.1, -0.05) is 34.8 Å². The third kappa shape index (κ3) is 2.05. The van der Waals surface area contributed by atoms with Gasteiger partial charge in [0.25, 0.3) is 0 Å². The Balaban J connectivity index is 3.23. The van der Waals surface area contributed by atoms with Crippen LogP contribution in [0.15, 0.2) is 12.1 Å². The second-order valence-corrected chi connectivity index (χ2v) is 3.69. The molecule has 0 aliphatic heterocycles. The predicted molar refractivity (Wildman–Crippen MR) is 52.1 cm³/mol. The lowest BCUT2D eigenvalue weighted by Gasteiger charge is -2.08. The summed E-state index contributed by atoms with van der Waals surface area (Å²) in [6.45, 7) is 1.62. The van der Waals surface area contributed by atoms with Crippen LogP contribution in [0.1, 0.15) is 18.6 Å². The number of benzene rings is 1. The van der Waals surface area contributed by atoms with E-state index in [-0.39, 0.29) is 0 Å². The summed E-state index contributed by atoms with van der Waals surface area (Å²) in [5.74, 6) is 0. The van der Waals surface area contributed by atoms with Crippen LogP contribution in [0.2, 0.25) is 15.1 Å². The Morgan fingerprint density at radius 3 is 2.08 bits per heavy atom. The number of hydrogen-bond donors (Lipinski definition) is 1. The smallest absolute Gasteiger partial charge is 0.0776 e. The number of rotatable bonds is 1. The van der Waals surface area contributed by atoms with E-state index in [0.29, 0.717) is 20.6 Å². The van der Waals surface area contributed by atoms with Crippen molar-refractivity contribution >= 4 is 34.8 Å². The van der Waals surface area contributed by atoms with Crippen molar-refractivity contribution in [3.8, 4) is 0 Å². The van der Waals surface area contributed by atoms with Gasteiger partial charge in [-0.25, -0.2) is 0 Å². The van der Waals surface area contributed by atoms with E-state index in [9.17, 15) is 5.11 Å². The summed E-state index contributed by atoms with van der Waals surface area (Å²) < 4.78 is 0. The molecule has 0 fully saturated rings. The van der Waals surface area contributed by atoms with Crippen molar-refractivity contribution in [1.29, 1.82) is 0 Å². The van der Waals surface area contributed by atoms with Crippen molar-refractivity contribution in [2.75, 3.05) is 0 Å². The zero-order chi connectivity index (χ0) is 9.30. The molecule has 1 nitrogen and oxygen atoms in total. The lowest BCUT2D eigenvalue weighted by molar-refractivity contribution is 0.199. The Labute approximate surface area is 85.9 Å². The molecule has 0 saturated heterocycles. The van der Waals surface area contributed by atoms with Crippen LogP contribution in [0.3, 0.4) is 0 Å². The highest BCUT2D eigenvalue weighted by atomic mass is 35.5. The number of hydrogen-bond acceptors (Lipinski definition) is 1. The summed E-state index contributed by atoms with van der Waals surface area (Å²) in [6.07, 6.45) is -0.632. The van der Waals surface area contributed by atoms with Gasteiger partial charge in [0.1, 0.15) is 0 Å². The highest BCUT2D eigenvalue weighted by Crippen LogP contribution is 2.31. The molecule has 0 heterocycles. The Morgan fingerprint density at radius 2 is 1.58 bits per heavy atom.